The monoisotopic (exact) mass is 874 g/mol. The maximum atomic E-state index is 15.5. The number of benzene rings is 1. The molecule has 0 saturated heterocycles. The van der Waals surface area contributed by atoms with Crippen molar-refractivity contribution in [2.24, 2.45) is 11.8 Å². The first-order valence-corrected chi connectivity index (χ1v) is 24.2. The van der Waals surface area contributed by atoms with Crippen molar-refractivity contribution >= 4 is 43.5 Å². The second kappa shape index (κ2) is 16.6. The normalized spacial score (nSPS) is 21.4. The molecule has 1 amide bonds. The zero-order valence-corrected chi connectivity index (χ0v) is 39.6. The molecule has 62 heavy (non-hydrogen) atoms. The van der Waals surface area contributed by atoms with Crippen molar-refractivity contribution < 1.29 is 52.2 Å². The molecule has 0 saturated carbocycles. The third-order valence-electron chi connectivity index (χ3n) is 11.9. The zero-order chi connectivity index (χ0) is 45.9. The van der Waals surface area contributed by atoms with E-state index < -0.39 is 77.6 Å². The molecule has 0 unspecified atom stereocenters. The van der Waals surface area contributed by atoms with Gasteiger partial charge in [-0.1, -0.05) is 34.1 Å². The predicted octanol–water partition coefficient (Wildman–Crippen LogP) is 10.1. The number of Topliss-reactive ketones (excluding diaryl/α,β-unsaturated/α-hetero) is 2. The highest BCUT2D eigenvalue weighted by atomic mass is 28.4. The Kier molecular flexibility index (Phi) is 12.4. The number of unbranched alkanes of at least 4 members (excludes halogenated alkanes) is 1. The standard InChI is InChI=1S/C46H62N4O11Si/c1-15-16-21-56-40-34-37(60-48-40)35(49(11)12)30-24-27-22-26-23-29(50(28-17-19-47-20-18-28)41(54)58-43(2,3)4)25-31(57-42(55)59-44(5,6)7)32(26)36(51)33(27)38(52)46(30,39(34)53)61-62(13,14)45(8,9)10/h17-20,23,25,27,30,35,52H,15-16,21-22,24H2,1-14H3/t27-,30-,35-,46-/m0/s1. The van der Waals surface area contributed by atoms with Crippen LogP contribution in [0.4, 0.5) is 21.0 Å². The van der Waals surface area contributed by atoms with Gasteiger partial charge in [-0.05, 0) is 128 Å². The maximum Gasteiger partial charge on any atom is 0.514 e. The Bertz CT molecular complexity index is 2270. The van der Waals surface area contributed by atoms with Gasteiger partial charge in [0, 0.05) is 30.0 Å². The first-order valence-electron chi connectivity index (χ1n) is 21.2. The lowest BCUT2D eigenvalue weighted by molar-refractivity contribution is -0.0480. The Morgan fingerprint density at radius 2 is 1.60 bits per heavy atom. The number of aliphatic hydroxyl groups excluding tert-OH is 1. The Labute approximate surface area is 365 Å². The van der Waals surface area contributed by atoms with E-state index >= 15 is 9.59 Å². The molecular weight excluding hydrogens is 813 g/mol. The number of allylic oxidation sites excluding steroid dienone is 1. The van der Waals surface area contributed by atoms with Crippen LogP contribution >= 0.6 is 0 Å². The first kappa shape index (κ1) is 46.4. The third-order valence-corrected chi connectivity index (χ3v) is 16.4. The summed E-state index contributed by atoms with van der Waals surface area (Å²) >= 11 is 0. The van der Waals surface area contributed by atoms with Crippen molar-refractivity contribution in [3.05, 3.63) is 70.4 Å². The highest BCUT2D eigenvalue weighted by molar-refractivity contribution is 6.74. The number of ketones is 2. The van der Waals surface area contributed by atoms with Crippen LogP contribution < -0.4 is 14.4 Å². The van der Waals surface area contributed by atoms with E-state index in [0.29, 0.717) is 23.4 Å². The van der Waals surface area contributed by atoms with Gasteiger partial charge in [-0.2, -0.15) is 0 Å². The van der Waals surface area contributed by atoms with E-state index in [0.717, 1.165) is 6.42 Å². The lowest BCUT2D eigenvalue weighted by Crippen LogP contribution is -2.65. The van der Waals surface area contributed by atoms with Crippen LogP contribution in [0, 0.1) is 11.8 Å². The van der Waals surface area contributed by atoms with E-state index in [1.54, 1.807) is 59.7 Å². The van der Waals surface area contributed by atoms with Crippen LogP contribution in [0.2, 0.25) is 18.1 Å². The number of carbonyl (C=O) groups is 4. The number of aromatic nitrogens is 2. The Hall–Kier alpha value is -5.06. The molecule has 1 N–H and O–H groups in total. The average Bonchev–Trinajstić information content (AvgIpc) is 3.54. The van der Waals surface area contributed by atoms with Crippen LogP contribution in [-0.4, -0.2) is 89.8 Å². The van der Waals surface area contributed by atoms with E-state index in [2.05, 4.69) is 10.1 Å². The highest BCUT2D eigenvalue weighted by Gasteiger charge is 2.67. The van der Waals surface area contributed by atoms with Gasteiger partial charge in [-0.25, -0.2) is 14.5 Å². The first-order chi connectivity index (χ1) is 28.7. The molecule has 16 heteroatoms. The van der Waals surface area contributed by atoms with Gasteiger partial charge < -0.3 is 33.0 Å². The summed E-state index contributed by atoms with van der Waals surface area (Å²) in [5.74, 6) is -3.08. The molecule has 0 radical (unpaired) electrons. The fourth-order valence-electron chi connectivity index (χ4n) is 8.27. The molecule has 3 aromatic rings. The number of fused-ring (bicyclic) bond motifs is 4. The molecule has 4 atom stereocenters. The summed E-state index contributed by atoms with van der Waals surface area (Å²) in [5.41, 5.74) is -2.79. The van der Waals surface area contributed by atoms with Crippen molar-refractivity contribution in [1.82, 2.24) is 15.0 Å². The lowest BCUT2D eigenvalue weighted by atomic mass is 9.58. The Morgan fingerprint density at radius 1 is 0.952 bits per heavy atom. The zero-order valence-electron chi connectivity index (χ0n) is 38.6. The molecule has 336 valence electrons. The van der Waals surface area contributed by atoms with Crippen LogP contribution in [-0.2, 0) is 20.3 Å². The topological polar surface area (TPSA) is 180 Å². The van der Waals surface area contributed by atoms with Gasteiger partial charge in [0.25, 0.3) is 5.88 Å². The molecule has 3 aliphatic carbocycles. The molecule has 0 bridgehead atoms. The van der Waals surface area contributed by atoms with E-state index in [-0.39, 0.29) is 53.5 Å². The summed E-state index contributed by atoms with van der Waals surface area (Å²) in [6, 6.07) is 5.70. The van der Waals surface area contributed by atoms with E-state index in [4.69, 9.17) is 27.9 Å². The molecule has 0 fully saturated rings. The Morgan fingerprint density at radius 3 is 2.18 bits per heavy atom. The summed E-state index contributed by atoms with van der Waals surface area (Å²) in [5, 5.41) is 16.8. The number of amides is 1. The molecule has 2 aromatic heterocycles. The van der Waals surface area contributed by atoms with Crippen molar-refractivity contribution in [2.75, 3.05) is 25.6 Å². The van der Waals surface area contributed by atoms with Crippen molar-refractivity contribution in [1.29, 1.82) is 0 Å². The molecule has 0 spiro atoms. The minimum Gasteiger partial charge on any atom is -0.508 e. The second-order valence-electron chi connectivity index (χ2n) is 20.2. The highest BCUT2D eigenvalue weighted by Crippen LogP contribution is 2.60. The van der Waals surface area contributed by atoms with Crippen LogP contribution in [0.15, 0.2) is 52.5 Å². The number of aliphatic hydroxyl groups is 1. The van der Waals surface area contributed by atoms with E-state index in [1.807, 2.05) is 59.8 Å². The summed E-state index contributed by atoms with van der Waals surface area (Å²) in [6.45, 7) is 22.7. The quantitative estimate of drug-likeness (QED) is 0.0880. The van der Waals surface area contributed by atoms with Crippen molar-refractivity contribution in [2.45, 2.75) is 136 Å². The number of rotatable bonds is 10. The van der Waals surface area contributed by atoms with Crippen LogP contribution in [0.3, 0.4) is 0 Å². The fourth-order valence-corrected chi connectivity index (χ4v) is 9.72. The van der Waals surface area contributed by atoms with Crippen molar-refractivity contribution in [3.8, 4) is 11.6 Å². The summed E-state index contributed by atoms with van der Waals surface area (Å²) < 4.78 is 36.6. The number of anilines is 2. The van der Waals surface area contributed by atoms with Crippen LogP contribution in [0.1, 0.15) is 127 Å². The predicted molar refractivity (Wildman–Crippen MR) is 234 cm³/mol. The van der Waals surface area contributed by atoms with E-state index in [9.17, 15) is 14.7 Å². The minimum absolute atomic E-state index is 0.00603. The van der Waals surface area contributed by atoms with Gasteiger partial charge in [0.2, 0.25) is 5.78 Å². The van der Waals surface area contributed by atoms with Gasteiger partial charge >= 0.3 is 12.2 Å². The number of hydrogen-bond donors (Lipinski definition) is 1. The molecule has 15 nitrogen and oxygen atoms in total. The maximum absolute atomic E-state index is 15.5. The SMILES string of the molecule is CCCCOc1noc2c1C(=O)[C@@]1(O[Si](C)(C)C(C)(C)C)C(O)=C3C(=O)c4c(cc(N(C(=O)OC(C)(C)C)c5ccncc5)cc4OC(=O)OC(C)(C)C)C[C@H]3C[C@H]1[C@@H]2N(C)C. The fraction of sp³-hybridized carbons (Fsp3) is 0.565. The number of carbonyl (C=O) groups excluding carboxylic acids is 4. The largest absolute Gasteiger partial charge is 0.514 e. The van der Waals surface area contributed by atoms with Crippen LogP contribution in [0.5, 0.6) is 11.6 Å². The Balaban J connectivity index is 1.61. The summed E-state index contributed by atoms with van der Waals surface area (Å²) in [4.78, 5) is 65.7. The molecular formula is C46H62N4O11Si. The summed E-state index contributed by atoms with van der Waals surface area (Å²) in [6.07, 6.45) is 3.13. The smallest absolute Gasteiger partial charge is 0.508 e. The second-order valence-corrected chi connectivity index (χ2v) is 24.9. The van der Waals surface area contributed by atoms with Gasteiger partial charge in [0.05, 0.1) is 29.6 Å². The number of nitrogens with zero attached hydrogens (tertiary/aromatic N) is 4. The molecule has 6 rings (SSSR count). The molecule has 3 aliphatic rings. The van der Waals surface area contributed by atoms with Crippen molar-refractivity contribution in [3.63, 3.8) is 0 Å². The minimum atomic E-state index is -2.97. The average molecular weight is 875 g/mol. The van der Waals surface area contributed by atoms with Gasteiger partial charge in [0.15, 0.2) is 25.5 Å². The summed E-state index contributed by atoms with van der Waals surface area (Å²) in [7, 11) is 0.745. The van der Waals surface area contributed by atoms with Crippen LogP contribution in [0.25, 0.3) is 0 Å². The van der Waals surface area contributed by atoms with Gasteiger partial charge in [-0.3, -0.25) is 19.5 Å². The molecule has 0 aliphatic heterocycles. The molecule has 1 aromatic carbocycles. The van der Waals surface area contributed by atoms with Gasteiger partial charge in [0.1, 0.15) is 28.3 Å². The number of pyridine rings is 1. The lowest BCUT2D eigenvalue weighted by Gasteiger charge is -2.55. The third kappa shape index (κ3) is 8.65. The number of ether oxygens (including phenoxy) is 4. The molecule has 2 heterocycles. The van der Waals surface area contributed by atoms with E-state index in [1.165, 1.54) is 23.4 Å². The van der Waals surface area contributed by atoms with Gasteiger partial charge in [-0.15, -0.1) is 0 Å². The number of hydrogen-bond acceptors (Lipinski definition) is 14.